The van der Waals surface area contributed by atoms with Crippen LogP contribution in [0.5, 0.6) is 0 Å². The average molecular weight is 845 g/mol. The lowest BCUT2D eigenvalue weighted by molar-refractivity contribution is -0.190. The molecule has 0 saturated carbocycles. The third-order valence-electron chi connectivity index (χ3n) is 12.3. The van der Waals surface area contributed by atoms with E-state index >= 15 is 0 Å². The van der Waals surface area contributed by atoms with Crippen LogP contribution >= 0.6 is 0 Å². The van der Waals surface area contributed by atoms with E-state index in [2.05, 4.69) is 69.2 Å². The molecule has 0 bridgehead atoms. The van der Waals surface area contributed by atoms with Gasteiger partial charge in [-0.05, 0) is 60.2 Å². The minimum Gasteiger partial charge on any atom is -0.394 e. The molecule has 0 aliphatic heterocycles. The second-order valence-corrected chi connectivity index (χ2v) is 19.9. The fraction of sp³-hybridized carbons (Fsp3) is 1.00. The fourth-order valence-corrected chi connectivity index (χ4v) is 7.95. The Labute approximate surface area is 367 Å². The van der Waals surface area contributed by atoms with E-state index in [4.69, 9.17) is 33.5 Å². The Bertz CT molecular complexity index is 843. The molecule has 0 spiro atoms. The van der Waals surface area contributed by atoms with E-state index in [9.17, 15) is 5.11 Å². The van der Waals surface area contributed by atoms with E-state index in [-0.39, 0.29) is 19.3 Å². The topological polar surface area (TPSA) is 95.8 Å². The summed E-state index contributed by atoms with van der Waals surface area (Å²) in [6.45, 7) is 27.5. The quantitative estimate of drug-likeness (QED) is 0.0462. The Balaban J connectivity index is 4.58. The van der Waals surface area contributed by atoms with Crippen LogP contribution in [0.15, 0.2) is 0 Å². The summed E-state index contributed by atoms with van der Waals surface area (Å²) >= 11 is 0. The van der Waals surface area contributed by atoms with Crippen molar-refractivity contribution in [3.63, 3.8) is 0 Å². The van der Waals surface area contributed by atoms with E-state index in [0.29, 0.717) is 64.7 Å². The molecule has 8 nitrogen and oxygen atoms in total. The molecule has 356 valence electrons. The van der Waals surface area contributed by atoms with Crippen molar-refractivity contribution in [1.82, 2.24) is 0 Å². The second-order valence-electron chi connectivity index (χ2n) is 19.9. The summed E-state index contributed by atoms with van der Waals surface area (Å²) < 4.78 is 35.0. The van der Waals surface area contributed by atoms with Gasteiger partial charge in [0.25, 0.3) is 0 Å². The van der Waals surface area contributed by atoms with E-state index in [1.54, 1.807) is 0 Å². The lowest BCUT2D eigenvalue weighted by atomic mass is 9.91. The Morgan fingerprint density at radius 3 is 1.10 bits per heavy atom. The lowest BCUT2D eigenvalue weighted by Gasteiger charge is -2.23. The number of hydrogen-bond acceptors (Lipinski definition) is 8. The van der Waals surface area contributed by atoms with E-state index in [1.807, 2.05) is 0 Å². The molecule has 8 atom stereocenters. The van der Waals surface area contributed by atoms with Crippen LogP contribution in [0.2, 0.25) is 0 Å². The van der Waals surface area contributed by atoms with Crippen molar-refractivity contribution in [1.29, 1.82) is 0 Å². The van der Waals surface area contributed by atoms with Gasteiger partial charge in [-0.3, -0.25) is 0 Å². The van der Waals surface area contributed by atoms with Crippen molar-refractivity contribution in [2.24, 2.45) is 47.3 Å². The van der Waals surface area contributed by atoms with Crippen molar-refractivity contribution < 1.29 is 38.6 Å². The van der Waals surface area contributed by atoms with Crippen LogP contribution in [0.1, 0.15) is 198 Å². The van der Waals surface area contributed by atoms with Crippen LogP contribution in [0, 0.1) is 47.3 Å². The molecule has 0 aliphatic rings. The lowest BCUT2D eigenvalue weighted by Crippen LogP contribution is -2.32. The molecule has 0 fully saturated rings. The van der Waals surface area contributed by atoms with Gasteiger partial charge >= 0.3 is 0 Å². The van der Waals surface area contributed by atoms with Crippen molar-refractivity contribution in [2.75, 3.05) is 72.7 Å². The Morgan fingerprint density at radius 2 is 0.695 bits per heavy atom. The summed E-state index contributed by atoms with van der Waals surface area (Å²) in [5.74, 6) is 6.26. The van der Waals surface area contributed by atoms with E-state index < -0.39 is 6.29 Å². The molecular formula is C51H104O8. The zero-order valence-corrected chi connectivity index (χ0v) is 41.0. The average Bonchev–Trinajstić information content (AvgIpc) is 3.18. The monoisotopic (exact) mass is 845 g/mol. The molecule has 0 aromatic rings. The molecule has 0 aromatic carbocycles. The van der Waals surface area contributed by atoms with Crippen LogP contribution < -0.4 is 0 Å². The van der Waals surface area contributed by atoms with Gasteiger partial charge in [-0.2, -0.15) is 0 Å². The van der Waals surface area contributed by atoms with Crippen LogP contribution in [-0.4, -0.2) is 95.3 Å². The molecular weight excluding hydrogens is 741 g/mol. The third kappa shape index (κ3) is 41.5. The zero-order valence-electron chi connectivity index (χ0n) is 41.0. The first-order chi connectivity index (χ1) is 28.4. The SMILES string of the molecule is CC(C)CCCC(C)CCCC(C)CCCC(C)CCOC[C@@H](COC(CO)OCCOCCOCCO)OCCC(C)CCCC(C)CCCC(C)CCCC(C)C. The van der Waals surface area contributed by atoms with Crippen molar-refractivity contribution >= 4 is 0 Å². The molecule has 59 heavy (non-hydrogen) atoms. The Hall–Kier alpha value is -0.320. The number of rotatable bonds is 46. The van der Waals surface area contributed by atoms with Gasteiger partial charge in [-0.15, -0.1) is 0 Å². The van der Waals surface area contributed by atoms with Gasteiger partial charge in [0, 0.05) is 13.2 Å². The molecule has 0 radical (unpaired) electrons. The molecule has 2 N–H and O–H groups in total. The third-order valence-corrected chi connectivity index (χ3v) is 12.3. The Morgan fingerprint density at radius 1 is 0.322 bits per heavy atom. The molecule has 7 unspecified atom stereocenters. The molecule has 0 heterocycles. The first kappa shape index (κ1) is 58.7. The number of aliphatic hydroxyl groups is 2. The highest BCUT2D eigenvalue weighted by Gasteiger charge is 2.17. The fourth-order valence-electron chi connectivity index (χ4n) is 7.95. The Kier molecular flexibility index (Phi) is 41.5. The molecule has 0 aromatic heterocycles. The zero-order chi connectivity index (χ0) is 43.9. The molecule has 0 saturated heterocycles. The van der Waals surface area contributed by atoms with E-state index in [0.717, 1.165) is 55.0 Å². The normalized spacial score (nSPS) is 16.4. The summed E-state index contributed by atoms with van der Waals surface area (Å²) in [5, 5.41) is 18.7. The summed E-state index contributed by atoms with van der Waals surface area (Å²) in [5.41, 5.74) is 0. The van der Waals surface area contributed by atoms with Crippen LogP contribution in [-0.2, 0) is 28.4 Å². The minimum atomic E-state index is -0.745. The van der Waals surface area contributed by atoms with Crippen molar-refractivity contribution in [3.05, 3.63) is 0 Å². The first-order valence-corrected chi connectivity index (χ1v) is 25.2. The summed E-state index contributed by atoms with van der Waals surface area (Å²) in [7, 11) is 0. The van der Waals surface area contributed by atoms with Crippen molar-refractivity contribution in [3.8, 4) is 0 Å². The summed E-state index contributed by atoms with van der Waals surface area (Å²) in [4.78, 5) is 0. The summed E-state index contributed by atoms with van der Waals surface area (Å²) in [6.07, 6.45) is 25.3. The number of ether oxygens (including phenoxy) is 6. The largest absolute Gasteiger partial charge is 0.394 e. The van der Waals surface area contributed by atoms with Crippen LogP contribution in [0.3, 0.4) is 0 Å². The van der Waals surface area contributed by atoms with Gasteiger partial charge in [-0.1, -0.05) is 185 Å². The van der Waals surface area contributed by atoms with Gasteiger partial charge in [0.2, 0.25) is 0 Å². The molecule has 8 heteroatoms. The van der Waals surface area contributed by atoms with Crippen LogP contribution in [0.4, 0.5) is 0 Å². The maximum Gasteiger partial charge on any atom is 0.180 e. The van der Waals surface area contributed by atoms with Gasteiger partial charge in [-0.25, -0.2) is 0 Å². The minimum absolute atomic E-state index is 0.00254. The number of aliphatic hydroxyl groups excluding tert-OH is 2. The highest BCUT2D eigenvalue weighted by molar-refractivity contribution is 4.64. The molecule has 0 amide bonds. The van der Waals surface area contributed by atoms with E-state index in [1.165, 1.54) is 116 Å². The number of hydrogen-bond donors (Lipinski definition) is 2. The first-order valence-electron chi connectivity index (χ1n) is 25.2. The molecule has 0 aliphatic carbocycles. The second kappa shape index (κ2) is 41.7. The van der Waals surface area contributed by atoms with Crippen LogP contribution in [0.25, 0.3) is 0 Å². The van der Waals surface area contributed by atoms with Gasteiger partial charge < -0.3 is 38.6 Å². The summed E-state index contributed by atoms with van der Waals surface area (Å²) in [6, 6.07) is 0. The van der Waals surface area contributed by atoms with Crippen molar-refractivity contribution in [2.45, 2.75) is 210 Å². The predicted molar refractivity (Wildman–Crippen MR) is 249 cm³/mol. The maximum absolute atomic E-state index is 9.91. The molecule has 0 rings (SSSR count). The van der Waals surface area contributed by atoms with Gasteiger partial charge in [0.1, 0.15) is 6.10 Å². The highest BCUT2D eigenvalue weighted by atomic mass is 16.7. The highest BCUT2D eigenvalue weighted by Crippen LogP contribution is 2.24. The van der Waals surface area contributed by atoms with Gasteiger partial charge in [0.15, 0.2) is 6.29 Å². The van der Waals surface area contributed by atoms with Gasteiger partial charge in [0.05, 0.1) is 59.5 Å². The predicted octanol–water partition coefficient (Wildman–Crippen LogP) is 12.7. The maximum atomic E-state index is 9.91. The smallest absolute Gasteiger partial charge is 0.180 e. The standard InChI is InChI=1S/C51H104O8/c1-42(2)17-11-19-44(5)21-13-23-46(7)25-15-27-48(9)29-32-56-40-50(41-59-51(39-53)58-38-37-55-36-35-54-34-31-52)57-33-30-49(10)28-16-26-47(8)24-14-22-45(6)20-12-18-43(3)4/h42-53H,11-41H2,1-10H3/t44?,45?,46?,47?,48?,49?,50-,51?/m0/s1.